The molecule has 0 aromatic heterocycles. The highest BCUT2D eigenvalue weighted by molar-refractivity contribution is 6.36. The standard InChI is InChI=1S/C28H36N2O4/c1-6-18-34-23-15-9-20(10-16-23)24-25(27(32)30(26(24)31)17-8-19-33-7-2)29-22-13-11-21(12-14-22)28(3,4)5/h9-16,29H,6-8,17-19H2,1-5H3. The van der Waals surface area contributed by atoms with Crippen molar-refractivity contribution in [1.29, 1.82) is 0 Å². The van der Waals surface area contributed by atoms with Crippen LogP contribution in [0.15, 0.2) is 54.2 Å². The monoisotopic (exact) mass is 464 g/mol. The molecule has 2 aromatic carbocycles. The average Bonchev–Trinajstić information content (AvgIpc) is 3.04. The summed E-state index contributed by atoms with van der Waals surface area (Å²) in [4.78, 5) is 28.0. The SMILES string of the molecule is CCCOc1ccc(C2=C(Nc3ccc(C(C)(C)C)cc3)C(=O)N(CCCOCC)C2=O)cc1. The number of carbonyl (C=O) groups excluding carboxylic acids is 2. The molecule has 1 heterocycles. The second-order valence-electron chi connectivity index (χ2n) is 9.39. The van der Waals surface area contributed by atoms with Gasteiger partial charge in [0.2, 0.25) is 0 Å². The van der Waals surface area contributed by atoms with E-state index in [4.69, 9.17) is 9.47 Å². The van der Waals surface area contributed by atoms with Gasteiger partial charge < -0.3 is 14.8 Å². The van der Waals surface area contributed by atoms with Gasteiger partial charge in [0.25, 0.3) is 11.8 Å². The van der Waals surface area contributed by atoms with E-state index in [2.05, 4.69) is 26.1 Å². The van der Waals surface area contributed by atoms with E-state index < -0.39 is 0 Å². The van der Waals surface area contributed by atoms with Gasteiger partial charge in [0.15, 0.2) is 0 Å². The van der Waals surface area contributed by atoms with Crippen LogP contribution in [0.2, 0.25) is 0 Å². The molecule has 0 spiro atoms. The number of amides is 2. The molecular weight excluding hydrogens is 428 g/mol. The third-order valence-electron chi connectivity index (χ3n) is 5.68. The lowest BCUT2D eigenvalue weighted by Gasteiger charge is -2.19. The van der Waals surface area contributed by atoms with Crippen molar-refractivity contribution in [3.63, 3.8) is 0 Å². The average molecular weight is 465 g/mol. The molecule has 0 aliphatic carbocycles. The first kappa shape index (κ1) is 25.5. The molecule has 0 fully saturated rings. The van der Waals surface area contributed by atoms with Crippen molar-refractivity contribution in [2.45, 2.75) is 52.9 Å². The zero-order valence-electron chi connectivity index (χ0n) is 20.9. The molecule has 0 unspecified atom stereocenters. The van der Waals surface area contributed by atoms with E-state index in [0.29, 0.717) is 49.6 Å². The summed E-state index contributed by atoms with van der Waals surface area (Å²) >= 11 is 0. The number of anilines is 1. The number of benzene rings is 2. The summed E-state index contributed by atoms with van der Waals surface area (Å²) in [5.41, 5.74) is 3.35. The Morgan fingerprint density at radius 3 is 2.15 bits per heavy atom. The fourth-order valence-corrected chi connectivity index (χ4v) is 3.77. The second kappa shape index (κ2) is 11.3. The van der Waals surface area contributed by atoms with Crippen molar-refractivity contribution < 1.29 is 19.1 Å². The number of hydrogen-bond acceptors (Lipinski definition) is 5. The highest BCUT2D eigenvalue weighted by Crippen LogP contribution is 2.32. The molecule has 1 N–H and O–H groups in total. The Kier molecular flexibility index (Phi) is 8.51. The molecule has 34 heavy (non-hydrogen) atoms. The minimum absolute atomic E-state index is 0.0288. The van der Waals surface area contributed by atoms with E-state index in [1.165, 1.54) is 10.5 Å². The number of rotatable bonds is 11. The van der Waals surface area contributed by atoms with Crippen molar-refractivity contribution in [2.24, 2.45) is 0 Å². The summed E-state index contributed by atoms with van der Waals surface area (Å²) in [6.45, 7) is 12.5. The fourth-order valence-electron chi connectivity index (χ4n) is 3.77. The molecule has 2 amide bonds. The largest absolute Gasteiger partial charge is 0.494 e. The van der Waals surface area contributed by atoms with Gasteiger partial charge in [0.05, 0.1) is 12.2 Å². The topological polar surface area (TPSA) is 67.9 Å². The number of nitrogens with zero attached hydrogens (tertiary/aromatic N) is 1. The van der Waals surface area contributed by atoms with Gasteiger partial charge in [-0.3, -0.25) is 14.5 Å². The van der Waals surface area contributed by atoms with Gasteiger partial charge in [-0.05, 0) is 60.6 Å². The molecule has 6 nitrogen and oxygen atoms in total. The summed E-state index contributed by atoms with van der Waals surface area (Å²) in [7, 11) is 0. The number of imide groups is 1. The van der Waals surface area contributed by atoms with Crippen LogP contribution in [0.1, 0.15) is 58.6 Å². The lowest BCUT2D eigenvalue weighted by molar-refractivity contribution is -0.137. The summed E-state index contributed by atoms with van der Waals surface area (Å²) in [5.74, 6) is 0.129. The van der Waals surface area contributed by atoms with Crippen LogP contribution in [0.25, 0.3) is 5.57 Å². The Bertz CT molecular complexity index is 1020. The first-order chi connectivity index (χ1) is 16.3. The molecule has 1 aliphatic rings. The van der Waals surface area contributed by atoms with Gasteiger partial charge >= 0.3 is 0 Å². The second-order valence-corrected chi connectivity index (χ2v) is 9.39. The minimum atomic E-state index is -0.317. The first-order valence-corrected chi connectivity index (χ1v) is 12.0. The minimum Gasteiger partial charge on any atom is -0.494 e. The molecule has 0 radical (unpaired) electrons. The van der Waals surface area contributed by atoms with E-state index in [9.17, 15) is 9.59 Å². The molecule has 0 saturated heterocycles. The predicted octanol–water partition coefficient (Wildman–Crippen LogP) is 5.39. The molecule has 6 heteroatoms. The maximum atomic E-state index is 13.4. The van der Waals surface area contributed by atoms with Crippen LogP contribution in [-0.2, 0) is 19.7 Å². The Balaban J connectivity index is 1.91. The number of ether oxygens (including phenoxy) is 2. The number of hydrogen-bond donors (Lipinski definition) is 1. The Morgan fingerprint density at radius 1 is 0.882 bits per heavy atom. The highest BCUT2D eigenvalue weighted by Gasteiger charge is 2.38. The first-order valence-electron chi connectivity index (χ1n) is 12.0. The Morgan fingerprint density at radius 2 is 1.56 bits per heavy atom. The molecule has 0 atom stereocenters. The lowest BCUT2D eigenvalue weighted by Crippen LogP contribution is -2.34. The zero-order valence-corrected chi connectivity index (χ0v) is 20.9. The maximum Gasteiger partial charge on any atom is 0.278 e. The van der Waals surface area contributed by atoms with E-state index in [0.717, 1.165) is 17.9 Å². The Labute approximate surface area is 202 Å². The van der Waals surface area contributed by atoms with Gasteiger partial charge in [0, 0.05) is 25.4 Å². The van der Waals surface area contributed by atoms with Crippen molar-refractivity contribution in [2.75, 3.05) is 31.7 Å². The summed E-state index contributed by atoms with van der Waals surface area (Å²) in [6.07, 6.45) is 1.51. The number of nitrogens with one attached hydrogen (secondary N) is 1. The summed E-state index contributed by atoms with van der Waals surface area (Å²) in [6, 6.07) is 15.3. The summed E-state index contributed by atoms with van der Waals surface area (Å²) < 4.78 is 11.1. The van der Waals surface area contributed by atoms with Gasteiger partial charge in [0.1, 0.15) is 11.4 Å². The van der Waals surface area contributed by atoms with Crippen LogP contribution in [0, 0.1) is 0 Å². The van der Waals surface area contributed by atoms with Crippen molar-refractivity contribution in [1.82, 2.24) is 4.90 Å². The normalized spacial score (nSPS) is 14.2. The summed E-state index contributed by atoms with van der Waals surface area (Å²) in [5, 5.41) is 3.23. The Hall–Kier alpha value is -3.12. The van der Waals surface area contributed by atoms with Crippen LogP contribution in [-0.4, -0.2) is 43.1 Å². The molecule has 2 aromatic rings. The van der Waals surface area contributed by atoms with Gasteiger partial charge in [-0.25, -0.2) is 0 Å². The van der Waals surface area contributed by atoms with E-state index in [1.807, 2.05) is 62.4 Å². The van der Waals surface area contributed by atoms with E-state index in [-0.39, 0.29) is 17.2 Å². The van der Waals surface area contributed by atoms with E-state index in [1.54, 1.807) is 0 Å². The fraction of sp³-hybridized carbons (Fsp3) is 0.429. The van der Waals surface area contributed by atoms with Crippen LogP contribution in [0.5, 0.6) is 5.75 Å². The molecule has 182 valence electrons. The van der Waals surface area contributed by atoms with Crippen LogP contribution in [0.3, 0.4) is 0 Å². The predicted molar refractivity (Wildman–Crippen MR) is 136 cm³/mol. The quantitative estimate of drug-likeness (QED) is 0.357. The van der Waals surface area contributed by atoms with Gasteiger partial charge in [-0.2, -0.15) is 0 Å². The maximum absolute atomic E-state index is 13.4. The van der Waals surface area contributed by atoms with Crippen molar-refractivity contribution in [3.8, 4) is 5.75 Å². The molecule has 3 rings (SSSR count). The number of carbonyl (C=O) groups is 2. The van der Waals surface area contributed by atoms with Crippen molar-refractivity contribution in [3.05, 3.63) is 65.4 Å². The van der Waals surface area contributed by atoms with Gasteiger partial charge in [-0.1, -0.05) is 52.0 Å². The highest BCUT2D eigenvalue weighted by atomic mass is 16.5. The lowest BCUT2D eigenvalue weighted by atomic mass is 9.87. The van der Waals surface area contributed by atoms with Crippen LogP contribution < -0.4 is 10.1 Å². The van der Waals surface area contributed by atoms with E-state index >= 15 is 0 Å². The zero-order chi connectivity index (χ0) is 24.7. The van der Waals surface area contributed by atoms with Crippen LogP contribution >= 0.6 is 0 Å². The third-order valence-corrected chi connectivity index (χ3v) is 5.68. The van der Waals surface area contributed by atoms with Crippen LogP contribution in [0.4, 0.5) is 5.69 Å². The third kappa shape index (κ3) is 6.06. The van der Waals surface area contributed by atoms with Gasteiger partial charge in [-0.15, -0.1) is 0 Å². The smallest absolute Gasteiger partial charge is 0.278 e. The van der Waals surface area contributed by atoms with Crippen molar-refractivity contribution >= 4 is 23.1 Å². The molecular formula is C28H36N2O4. The molecule has 0 saturated carbocycles. The molecule has 0 bridgehead atoms. The molecule has 1 aliphatic heterocycles.